The maximum atomic E-state index is 2.27. The Morgan fingerprint density at radius 3 is 1.83 bits per heavy atom. The lowest BCUT2D eigenvalue weighted by atomic mass is 10.1. The number of hydrogen-bond acceptors (Lipinski definition) is 0. The quantitative estimate of drug-likeness (QED) is 0.515. The number of nitrogens with one attached hydrogen (secondary N) is 1. The molecule has 0 fully saturated rings. The molecular weight excluding hydrogens is 214 g/mol. The molecule has 0 unspecified atom stereocenters. The van der Waals surface area contributed by atoms with Gasteiger partial charge in [0.2, 0.25) is 0 Å². The minimum absolute atomic E-state index is 0. The average Bonchev–Trinajstić information content (AvgIpc) is 1.96. The molecule has 0 bridgehead atoms. The molecular formula is C10H24BrN. The zero-order valence-electron chi connectivity index (χ0n) is 8.83. The number of hydrogen-bond donors (Lipinski definition) is 1. The van der Waals surface area contributed by atoms with Crippen molar-refractivity contribution in [1.29, 1.82) is 0 Å². The first-order valence-corrected chi connectivity index (χ1v) is 5.06. The second-order valence-electron chi connectivity index (χ2n) is 3.72. The van der Waals surface area contributed by atoms with Gasteiger partial charge in [-0.05, 0) is 12.8 Å². The number of rotatable bonds is 7. The van der Waals surface area contributed by atoms with Crippen molar-refractivity contribution < 1.29 is 21.9 Å². The minimum atomic E-state index is 0. The van der Waals surface area contributed by atoms with Gasteiger partial charge in [0.25, 0.3) is 0 Å². The summed E-state index contributed by atoms with van der Waals surface area (Å²) in [4.78, 5) is 1.58. The van der Waals surface area contributed by atoms with E-state index in [4.69, 9.17) is 0 Å². The van der Waals surface area contributed by atoms with Gasteiger partial charge in [-0.2, -0.15) is 0 Å². The molecule has 1 N–H and O–H groups in total. The molecule has 0 aliphatic carbocycles. The average molecular weight is 238 g/mol. The lowest BCUT2D eigenvalue weighted by molar-refractivity contribution is -0.858. The van der Waals surface area contributed by atoms with Gasteiger partial charge in [0, 0.05) is 0 Å². The van der Waals surface area contributed by atoms with Crippen molar-refractivity contribution >= 4 is 0 Å². The second kappa shape index (κ2) is 11.4. The lowest BCUT2D eigenvalue weighted by Gasteiger charge is -2.05. The van der Waals surface area contributed by atoms with Gasteiger partial charge in [-0.25, -0.2) is 0 Å². The van der Waals surface area contributed by atoms with Gasteiger partial charge in [-0.3, -0.25) is 0 Å². The first-order chi connectivity index (χ1) is 5.27. The molecule has 0 aliphatic rings. The normalized spacial score (nSPS) is 10.0. The highest BCUT2D eigenvalue weighted by molar-refractivity contribution is 4.41. The molecule has 1 nitrogen and oxygen atoms in total. The predicted octanol–water partition coefficient (Wildman–Crippen LogP) is -1.50. The van der Waals surface area contributed by atoms with Gasteiger partial charge in [0.1, 0.15) is 0 Å². The summed E-state index contributed by atoms with van der Waals surface area (Å²) in [5.41, 5.74) is 0. The fraction of sp³-hybridized carbons (Fsp3) is 1.00. The van der Waals surface area contributed by atoms with Crippen molar-refractivity contribution in [2.24, 2.45) is 0 Å². The van der Waals surface area contributed by atoms with Gasteiger partial charge in [0.05, 0.1) is 20.6 Å². The van der Waals surface area contributed by atoms with Crippen LogP contribution in [0.15, 0.2) is 0 Å². The summed E-state index contributed by atoms with van der Waals surface area (Å²) in [6, 6.07) is 0. The van der Waals surface area contributed by atoms with Crippen LogP contribution in [0.2, 0.25) is 0 Å². The highest BCUT2D eigenvalue weighted by Crippen LogP contribution is 2.03. The van der Waals surface area contributed by atoms with Crippen LogP contribution in [0.1, 0.15) is 45.4 Å². The summed E-state index contributed by atoms with van der Waals surface area (Å²) < 4.78 is 0. The van der Waals surface area contributed by atoms with Crippen molar-refractivity contribution in [3.05, 3.63) is 0 Å². The van der Waals surface area contributed by atoms with Crippen molar-refractivity contribution in [3.8, 4) is 0 Å². The molecule has 0 aromatic rings. The van der Waals surface area contributed by atoms with Crippen molar-refractivity contribution in [2.45, 2.75) is 45.4 Å². The van der Waals surface area contributed by atoms with Crippen molar-refractivity contribution in [2.75, 3.05) is 20.6 Å². The Hall–Kier alpha value is 0.440. The first-order valence-electron chi connectivity index (χ1n) is 5.06. The molecule has 0 radical (unpaired) electrons. The molecule has 2 heteroatoms. The van der Waals surface area contributed by atoms with Gasteiger partial charge in [0.15, 0.2) is 0 Å². The van der Waals surface area contributed by atoms with Crippen LogP contribution < -0.4 is 21.9 Å². The molecule has 0 saturated carbocycles. The smallest absolute Gasteiger partial charge is 0.0766 e. The fourth-order valence-electron chi connectivity index (χ4n) is 1.26. The molecule has 76 valence electrons. The molecule has 0 saturated heterocycles. The van der Waals surface area contributed by atoms with Crippen molar-refractivity contribution in [1.82, 2.24) is 0 Å². The maximum Gasteiger partial charge on any atom is 0.0766 e. The Morgan fingerprint density at radius 1 is 0.833 bits per heavy atom. The molecule has 0 aliphatic heterocycles. The molecule has 0 spiro atoms. The van der Waals surface area contributed by atoms with Crippen LogP contribution in [0.3, 0.4) is 0 Å². The number of unbranched alkanes of at least 4 members (excludes halogenated alkanes) is 5. The summed E-state index contributed by atoms with van der Waals surface area (Å²) in [7, 11) is 4.46. The fourth-order valence-corrected chi connectivity index (χ4v) is 1.26. The highest BCUT2D eigenvalue weighted by Gasteiger charge is 1.93. The zero-order valence-corrected chi connectivity index (χ0v) is 10.4. The van der Waals surface area contributed by atoms with E-state index in [0.29, 0.717) is 0 Å². The van der Waals surface area contributed by atoms with Crippen LogP contribution in [0, 0.1) is 0 Å². The largest absolute Gasteiger partial charge is 1.00 e. The first kappa shape index (κ1) is 14.9. The molecule has 0 amide bonds. The van der Waals surface area contributed by atoms with Crippen molar-refractivity contribution in [3.63, 3.8) is 0 Å². The summed E-state index contributed by atoms with van der Waals surface area (Å²) in [6.45, 7) is 3.61. The predicted molar refractivity (Wildman–Crippen MR) is 51.1 cm³/mol. The molecule has 0 aromatic heterocycles. The van der Waals surface area contributed by atoms with Crippen LogP contribution in [-0.2, 0) is 0 Å². The number of halogens is 1. The second-order valence-corrected chi connectivity index (χ2v) is 3.72. The minimum Gasteiger partial charge on any atom is -1.00 e. The van der Waals surface area contributed by atoms with Crippen LogP contribution in [0.5, 0.6) is 0 Å². The third-order valence-electron chi connectivity index (χ3n) is 2.03. The maximum absolute atomic E-state index is 2.27. The Morgan fingerprint density at radius 2 is 1.33 bits per heavy atom. The van der Waals surface area contributed by atoms with Crippen LogP contribution in [-0.4, -0.2) is 20.6 Å². The van der Waals surface area contributed by atoms with E-state index in [1.54, 1.807) is 4.90 Å². The number of quaternary nitrogens is 1. The Kier molecular flexibility index (Phi) is 14.2. The molecule has 0 rings (SSSR count). The standard InChI is InChI=1S/C10H23N.BrH/c1-4-5-6-7-8-9-10-11(2)3;/h4-10H2,1-3H3;1H. The van der Waals surface area contributed by atoms with Crippen LogP contribution >= 0.6 is 0 Å². The van der Waals surface area contributed by atoms with E-state index in [9.17, 15) is 0 Å². The van der Waals surface area contributed by atoms with E-state index in [0.717, 1.165) is 0 Å². The van der Waals surface area contributed by atoms with E-state index >= 15 is 0 Å². The zero-order chi connectivity index (χ0) is 8.53. The molecule has 0 heterocycles. The summed E-state index contributed by atoms with van der Waals surface area (Å²) in [6.07, 6.45) is 8.52. The van der Waals surface area contributed by atoms with Crippen LogP contribution in [0.4, 0.5) is 0 Å². The molecule has 0 atom stereocenters. The van der Waals surface area contributed by atoms with Gasteiger partial charge >= 0.3 is 0 Å². The Labute approximate surface area is 88.3 Å². The third kappa shape index (κ3) is 13.1. The van der Waals surface area contributed by atoms with E-state index in [-0.39, 0.29) is 17.0 Å². The van der Waals surface area contributed by atoms with E-state index in [2.05, 4.69) is 21.0 Å². The van der Waals surface area contributed by atoms with Gasteiger partial charge in [-0.15, -0.1) is 0 Å². The topological polar surface area (TPSA) is 4.44 Å². The van der Waals surface area contributed by atoms with E-state index in [1.807, 2.05) is 0 Å². The van der Waals surface area contributed by atoms with E-state index in [1.165, 1.54) is 45.1 Å². The SMILES string of the molecule is CCCCCCCC[NH+](C)C.[Br-]. The monoisotopic (exact) mass is 237 g/mol. The molecule has 0 aromatic carbocycles. The van der Waals surface area contributed by atoms with Gasteiger partial charge < -0.3 is 21.9 Å². The van der Waals surface area contributed by atoms with Gasteiger partial charge in [-0.1, -0.05) is 32.6 Å². The van der Waals surface area contributed by atoms with E-state index < -0.39 is 0 Å². The Balaban J connectivity index is 0. The third-order valence-corrected chi connectivity index (χ3v) is 2.03. The Bertz CT molecular complexity index is 74.2. The summed E-state index contributed by atoms with van der Waals surface area (Å²) in [5.74, 6) is 0. The molecule has 12 heavy (non-hydrogen) atoms. The summed E-state index contributed by atoms with van der Waals surface area (Å²) in [5, 5.41) is 0. The lowest BCUT2D eigenvalue weighted by Crippen LogP contribution is -3.05. The van der Waals surface area contributed by atoms with Crippen LogP contribution in [0.25, 0.3) is 0 Å². The summed E-state index contributed by atoms with van der Waals surface area (Å²) >= 11 is 0. The highest BCUT2D eigenvalue weighted by atomic mass is 79.9.